The maximum Gasteiger partial charge on any atom is 0.407 e. The smallest absolute Gasteiger partial charge is 0.407 e. The first kappa shape index (κ1) is 18.9. The van der Waals surface area contributed by atoms with Crippen molar-refractivity contribution in [1.82, 2.24) is 20.0 Å². The molecule has 3 N–H and O–H groups in total. The topological polar surface area (TPSA) is 119 Å². The Bertz CT molecular complexity index is 644. The van der Waals surface area contributed by atoms with Gasteiger partial charge in [-0.15, -0.1) is 6.58 Å². The number of carbonyl (C=O) groups excluding carboxylic acids is 1. The van der Waals surface area contributed by atoms with E-state index in [0.717, 1.165) is 5.69 Å². The van der Waals surface area contributed by atoms with Gasteiger partial charge >= 0.3 is 6.09 Å². The van der Waals surface area contributed by atoms with Gasteiger partial charge in [0.25, 0.3) is 5.91 Å². The van der Waals surface area contributed by atoms with Crippen LogP contribution in [0.1, 0.15) is 28.7 Å². The molecule has 0 fully saturated rings. The van der Waals surface area contributed by atoms with Crippen molar-refractivity contribution in [3.8, 4) is 0 Å². The van der Waals surface area contributed by atoms with Crippen LogP contribution in [0.25, 0.3) is 0 Å². The largest absolute Gasteiger partial charge is 0.465 e. The van der Waals surface area contributed by atoms with Gasteiger partial charge in [0, 0.05) is 30.8 Å². The van der Waals surface area contributed by atoms with Crippen LogP contribution in [0.5, 0.6) is 0 Å². The van der Waals surface area contributed by atoms with E-state index >= 15 is 0 Å². The number of hydrogen-bond acceptors (Lipinski definition) is 5. The Kier molecular flexibility index (Phi) is 6.16. The van der Waals surface area contributed by atoms with Crippen LogP contribution in [0, 0.1) is 0 Å². The third-order valence-corrected chi connectivity index (χ3v) is 4.39. The van der Waals surface area contributed by atoms with Crippen molar-refractivity contribution in [2.75, 3.05) is 26.9 Å². The first-order valence-corrected chi connectivity index (χ1v) is 8.03. The lowest BCUT2D eigenvalue weighted by molar-refractivity contribution is 0.0394. The maximum absolute atomic E-state index is 12.8. The van der Waals surface area contributed by atoms with Crippen LogP contribution in [0.4, 0.5) is 4.79 Å². The highest BCUT2D eigenvalue weighted by molar-refractivity contribution is 5.94. The molecule has 0 aliphatic carbocycles. The SMILES string of the molecule is C=CCOCC(CO)N(C)C(=O)c1n[nH]c2c1CN(C(=O)O)[C@H](C)C2. The van der Waals surface area contributed by atoms with Crippen LogP contribution in [0.3, 0.4) is 0 Å². The zero-order valence-corrected chi connectivity index (χ0v) is 14.4. The molecule has 0 saturated heterocycles. The number of carbonyl (C=O) groups is 2. The summed E-state index contributed by atoms with van der Waals surface area (Å²) in [5.41, 5.74) is 1.53. The number of rotatable bonds is 7. The highest BCUT2D eigenvalue weighted by atomic mass is 16.5. The van der Waals surface area contributed by atoms with Crippen molar-refractivity contribution in [2.24, 2.45) is 0 Å². The van der Waals surface area contributed by atoms with Crippen molar-refractivity contribution < 1.29 is 24.5 Å². The fourth-order valence-corrected chi connectivity index (χ4v) is 2.81. The highest BCUT2D eigenvalue weighted by Gasteiger charge is 2.33. The number of hydrogen-bond donors (Lipinski definition) is 3. The molecule has 1 aromatic heterocycles. The van der Waals surface area contributed by atoms with Gasteiger partial charge in [-0.05, 0) is 6.92 Å². The summed E-state index contributed by atoms with van der Waals surface area (Å²) in [6, 6.07) is -0.721. The Morgan fingerprint density at radius 1 is 1.60 bits per heavy atom. The molecule has 2 heterocycles. The summed E-state index contributed by atoms with van der Waals surface area (Å²) < 4.78 is 5.31. The number of nitrogens with one attached hydrogen (secondary N) is 1. The second kappa shape index (κ2) is 8.13. The molecule has 0 saturated carbocycles. The van der Waals surface area contributed by atoms with Gasteiger partial charge in [-0.1, -0.05) is 6.08 Å². The van der Waals surface area contributed by atoms with E-state index in [0.29, 0.717) is 18.6 Å². The average molecular weight is 352 g/mol. The zero-order valence-electron chi connectivity index (χ0n) is 14.4. The van der Waals surface area contributed by atoms with Crippen molar-refractivity contribution in [1.29, 1.82) is 0 Å². The number of amides is 2. The van der Waals surface area contributed by atoms with E-state index in [1.165, 1.54) is 9.80 Å². The summed E-state index contributed by atoms with van der Waals surface area (Å²) in [5, 5.41) is 25.7. The second-order valence-corrected chi connectivity index (χ2v) is 6.07. The molecule has 9 nitrogen and oxygen atoms in total. The van der Waals surface area contributed by atoms with Gasteiger partial charge < -0.3 is 24.7 Å². The first-order valence-electron chi connectivity index (χ1n) is 8.03. The molecular formula is C16H24N4O5. The molecule has 1 unspecified atom stereocenters. The molecule has 138 valence electrons. The van der Waals surface area contributed by atoms with Gasteiger partial charge in [0.1, 0.15) is 0 Å². The lowest BCUT2D eigenvalue weighted by Gasteiger charge is -2.31. The van der Waals surface area contributed by atoms with Gasteiger partial charge in [-0.3, -0.25) is 9.89 Å². The Morgan fingerprint density at radius 2 is 2.32 bits per heavy atom. The summed E-state index contributed by atoms with van der Waals surface area (Å²) in [5.74, 6) is -0.390. The molecule has 0 spiro atoms. The number of ether oxygens (including phenoxy) is 1. The molecule has 9 heteroatoms. The fourth-order valence-electron chi connectivity index (χ4n) is 2.81. The molecule has 0 aromatic carbocycles. The normalized spacial score (nSPS) is 17.7. The number of likely N-dealkylation sites (N-methyl/N-ethyl adjacent to an activating group) is 1. The van der Waals surface area contributed by atoms with Gasteiger partial charge in [-0.2, -0.15) is 5.10 Å². The molecule has 2 rings (SSSR count). The highest BCUT2D eigenvalue weighted by Crippen LogP contribution is 2.25. The van der Waals surface area contributed by atoms with Crippen LogP contribution >= 0.6 is 0 Å². The van der Waals surface area contributed by atoms with Gasteiger partial charge in [0.2, 0.25) is 0 Å². The minimum Gasteiger partial charge on any atom is -0.465 e. The molecule has 0 bridgehead atoms. The van der Waals surface area contributed by atoms with E-state index in [1.807, 2.05) is 6.92 Å². The number of carboxylic acid groups (broad SMARTS) is 1. The molecule has 1 aliphatic rings. The number of aromatic amines is 1. The van der Waals surface area contributed by atoms with Crippen LogP contribution in [-0.2, 0) is 17.7 Å². The van der Waals surface area contributed by atoms with Crippen LogP contribution in [0.15, 0.2) is 12.7 Å². The fraction of sp³-hybridized carbons (Fsp3) is 0.562. The average Bonchev–Trinajstić information content (AvgIpc) is 2.99. The maximum atomic E-state index is 12.8. The molecule has 0 radical (unpaired) electrons. The van der Waals surface area contributed by atoms with Crippen molar-refractivity contribution in [2.45, 2.75) is 32.0 Å². The molecule has 2 amide bonds. The predicted octanol–water partition coefficient (Wildman–Crippen LogP) is 0.470. The summed E-state index contributed by atoms with van der Waals surface area (Å²) in [4.78, 5) is 26.8. The number of aromatic nitrogens is 2. The summed E-state index contributed by atoms with van der Waals surface area (Å²) in [6.07, 6.45) is 1.02. The Labute approximate surface area is 145 Å². The van der Waals surface area contributed by atoms with E-state index < -0.39 is 18.0 Å². The summed E-state index contributed by atoms with van der Waals surface area (Å²) in [7, 11) is 1.56. The summed E-state index contributed by atoms with van der Waals surface area (Å²) in [6.45, 7) is 5.68. The van der Waals surface area contributed by atoms with Gasteiger partial charge in [0.15, 0.2) is 5.69 Å². The van der Waals surface area contributed by atoms with E-state index in [1.54, 1.807) is 13.1 Å². The molecule has 25 heavy (non-hydrogen) atoms. The van der Waals surface area contributed by atoms with Crippen molar-refractivity contribution >= 4 is 12.0 Å². The number of fused-ring (bicyclic) bond motifs is 1. The predicted molar refractivity (Wildman–Crippen MR) is 89.3 cm³/mol. The minimum absolute atomic E-state index is 0.105. The zero-order chi connectivity index (χ0) is 18.6. The molecule has 1 aliphatic heterocycles. The second-order valence-electron chi connectivity index (χ2n) is 6.07. The quantitative estimate of drug-likeness (QED) is 0.485. The Hall–Kier alpha value is -2.39. The minimum atomic E-state index is -1.03. The van der Waals surface area contributed by atoms with Crippen LogP contribution in [0.2, 0.25) is 0 Å². The summed E-state index contributed by atoms with van der Waals surface area (Å²) >= 11 is 0. The van der Waals surface area contributed by atoms with Crippen LogP contribution < -0.4 is 0 Å². The Morgan fingerprint density at radius 3 is 2.92 bits per heavy atom. The number of nitrogens with zero attached hydrogens (tertiary/aromatic N) is 3. The third kappa shape index (κ3) is 3.99. The van der Waals surface area contributed by atoms with Crippen LogP contribution in [-0.4, -0.2) is 81.2 Å². The number of H-pyrrole nitrogens is 1. The van der Waals surface area contributed by atoms with E-state index in [4.69, 9.17) is 4.74 Å². The van der Waals surface area contributed by atoms with E-state index in [-0.39, 0.29) is 31.5 Å². The molecule has 1 aromatic rings. The van der Waals surface area contributed by atoms with Crippen molar-refractivity contribution in [3.05, 3.63) is 29.6 Å². The molecule has 2 atom stereocenters. The third-order valence-electron chi connectivity index (χ3n) is 4.39. The molecular weight excluding hydrogens is 328 g/mol. The lowest BCUT2D eigenvalue weighted by Crippen LogP contribution is -2.44. The number of aliphatic hydroxyl groups excluding tert-OH is 1. The van der Waals surface area contributed by atoms with Crippen molar-refractivity contribution in [3.63, 3.8) is 0 Å². The Balaban J connectivity index is 2.17. The van der Waals surface area contributed by atoms with Gasteiger partial charge in [0.05, 0.1) is 32.4 Å². The van der Waals surface area contributed by atoms with Gasteiger partial charge in [-0.25, -0.2) is 4.79 Å². The monoisotopic (exact) mass is 352 g/mol. The first-order chi connectivity index (χ1) is 11.9. The van der Waals surface area contributed by atoms with E-state index in [9.17, 15) is 19.8 Å². The number of aliphatic hydroxyl groups is 1. The van der Waals surface area contributed by atoms with E-state index in [2.05, 4.69) is 16.8 Å². The lowest BCUT2D eigenvalue weighted by atomic mass is 9.99. The standard InChI is InChI=1S/C16H24N4O5/c1-4-5-25-9-11(8-21)19(3)15(22)14-12-7-20(16(23)24)10(2)6-13(12)17-18-14/h4,10-11,21H,1,5-9H2,2-3H3,(H,17,18)(H,23,24)/t10-,11?/m1/s1.